The first-order valence-electron chi connectivity index (χ1n) is 10.4. The zero-order valence-corrected chi connectivity index (χ0v) is 18.2. The maximum Gasteiger partial charge on any atom is 0.318 e. The highest BCUT2D eigenvalue weighted by Gasteiger charge is 2.26. The molecule has 162 valence electrons. The largest absolute Gasteiger partial charge is 0.466 e. The second kappa shape index (κ2) is 9.74. The number of aromatic nitrogens is 2. The Morgan fingerprint density at radius 1 is 1.13 bits per heavy atom. The molecule has 0 spiro atoms. The van der Waals surface area contributed by atoms with Crippen LogP contribution in [0.4, 0.5) is 9.93 Å². The molecular weight excluding hydrogens is 414 g/mol. The van der Waals surface area contributed by atoms with E-state index in [4.69, 9.17) is 4.74 Å². The Bertz CT molecular complexity index is 1000. The normalized spacial score (nSPS) is 15.0. The standard InChI is InChI=1S/C22H25N5O3S/c1-2-30-19(28)15-18(16-7-4-3-5-8-16)24-21(29)26-11-13-27(14-12-26)22-25-17-9-6-10-23-20(17)31-22/h3-10,18H,2,11-15H2,1H3,(H,24,29)/t18-/m1/s1. The summed E-state index contributed by atoms with van der Waals surface area (Å²) in [5.41, 5.74) is 1.77. The second-order valence-corrected chi connectivity index (χ2v) is 8.18. The Morgan fingerprint density at radius 2 is 1.90 bits per heavy atom. The van der Waals surface area contributed by atoms with Gasteiger partial charge in [-0.05, 0) is 24.6 Å². The van der Waals surface area contributed by atoms with E-state index in [-0.39, 0.29) is 18.4 Å². The summed E-state index contributed by atoms with van der Waals surface area (Å²) in [4.78, 5) is 38.9. The van der Waals surface area contributed by atoms with Crippen LogP contribution in [0.1, 0.15) is 24.9 Å². The van der Waals surface area contributed by atoms with Crippen molar-refractivity contribution < 1.29 is 14.3 Å². The first kappa shape index (κ1) is 21.0. The molecule has 1 aromatic carbocycles. The Kier molecular flexibility index (Phi) is 6.61. The molecule has 2 amide bonds. The summed E-state index contributed by atoms with van der Waals surface area (Å²) < 4.78 is 5.09. The van der Waals surface area contributed by atoms with Gasteiger partial charge in [0.1, 0.15) is 10.3 Å². The van der Waals surface area contributed by atoms with E-state index in [1.807, 2.05) is 42.5 Å². The van der Waals surface area contributed by atoms with E-state index < -0.39 is 6.04 Å². The number of nitrogens with one attached hydrogen (secondary N) is 1. The maximum atomic E-state index is 12.9. The molecule has 8 nitrogen and oxygen atoms in total. The number of benzene rings is 1. The number of carbonyl (C=O) groups is 2. The number of urea groups is 1. The van der Waals surface area contributed by atoms with Crippen LogP contribution in [0.25, 0.3) is 10.3 Å². The summed E-state index contributed by atoms with van der Waals surface area (Å²) in [6.07, 6.45) is 1.87. The highest BCUT2D eigenvalue weighted by atomic mass is 32.1. The van der Waals surface area contributed by atoms with Crippen molar-refractivity contribution in [2.24, 2.45) is 0 Å². The van der Waals surface area contributed by atoms with Crippen LogP contribution in [-0.2, 0) is 9.53 Å². The van der Waals surface area contributed by atoms with Crippen molar-refractivity contribution in [3.63, 3.8) is 0 Å². The van der Waals surface area contributed by atoms with Gasteiger partial charge in [-0.15, -0.1) is 0 Å². The monoisotopic (exact) mass is 439 g/mol. The van der Waals surface area contributed by atoms with Crippen molar-refractivity contribution in [1.29, 1.82) is 0 Å². The van der Waals surface area contributed by atoms with Crippen LogP contribution < -0.4 is 10.2 Å². The zero-order valence-electron chi connectivity index (χ0n) is 17.4. The minimum Gasteiger partial charge on any atom is -0.466 e. The van der Waals surface area contributed by atoms with E-state index in [9.17, 15) is 9.59 Å². The van der Waals surface area contributed by atoms with Crippen LogP contribution in [0, 0.1) is 0 Å². The van der Waals surface area contributed by atoms with Crippen molar-refractivity contribution in [1.82, 2.24) is 20.2 Å². The highest BCUT2D eigenvalue weighted by Crippen LogP contribution is 2.27. The number of ether oxygens (including phenoxy) is 1. The Labute approximate surface area is 184 Å². The number of nitrogens with zero attached hydrogens (tertiary/aromatic N) is 4. The summed E-state index contributed by atoms with van der Waals surface area (Å²) in [6, 6.07) is 12.7. The smallest absolute Gasteiger partial charge is 0.318 e. The number of esters is 1. The van der Waals surface area contributed by atoms with Crippen LogP contribution in [0.5, 0.6) is 0 Å². The number of carbonyl (C=O) groups excluding carboxylic acids is 2. The van der Waals surface area contributed by atoms with E-state index in [1.165, 1.54) is 0 Å². The molecule has 3 heterocycles. The van der Waals surface area contributed by atoms with Gasteiger partial charge in [0, 0.05) is 32.4 Å². The molecule has 1 atom stereocenters. The molecular formula is C22H25N5O3S. The minimum atomic E-state index is -0.430. The summed E-state index contributed by atoms with van der Waals surface area (Å²) in [5.74, 6) is -0.328. The van der Waals surface area contributed by atoms with Crippen LogP contribution in [-0.4, -0.2) is 59.7 Å². The van der Waals surface area contributed by atoms with Gasteiger partial charge in [0.15, 0.2) is 5.13 Å². The Balaban J connectivity index is 1.37. The molecule has 0 aliphatic carbocycles. The van der Waals surface area contributed by atoms with E-state index in [0.717, 1.165) is 21.0 Å². The summed E-state index contributed by atoms with van der Waals surface area (Å²) in [5, 5.41) is 3.94. The highest BCUT2D eigenvalue weighted by molar-refractivity contribution is 7.21. The molecule has 0 unspecified atom stereocenters. The van der Waals surface area contributed by atoms with Gasteiger partial charge in [0.25, 0.3) is 0 Å². The first-order chi connectivity index (χ1) is 15.1. The van der Waals surface area contributed by atoms with E-state index >= 15 is 0 Å². The fourth-order valence-electron chi connectivity index (χ4n) is 3.56. The number of anilines is 1. The van der Waals surface area contributed by atoms with Gasteiger partial charge in [-0.25, -0.2) is 14.8 Å². The molecule has 1 saturated heterocycles. The van der Waals surface area contributed by atoms with Crippen LogP contribution >= 0.6 is 11.3 Å². The summed E-state index contributed by atoms with van der Waals surface area (Å²) >= 11 is 1.57. The quantitative estimate of drug-likeness (QED) is 0.594. The number of amides is 2. The van der Waals surface area contributed by atoms with Gasteiger partial charge in [-0.2, -0.15) is 0 Å². The molecule has 2 aromatic heterocycles. The second-order valence-electron chi connectivity index (χ2n) is 7.22. The number of fused-ring (bicyclic) bond motifs is 1. The molecule has 0 radical (unpaired) electrons. The summed E-state index contributed by atoms with van der Waals surface area (Å²) in [6.45, 7) is 4.64. The van der Waals surface area contributed by atoms with Crippen LogP contribution in [0.3, 0.4) is 0 Å². The summed E-state index contributed by atoms with van der Waals surface area (Å²) in [7, 11) is 0. The predicted octanol–water partition coefficient (Wildman–Crippen LogP) is 3.22. The van der Waals surface area contributed by atoms with Crippen molar-refractivity contribution in [2.45, 2.75) is 19.4 Å². The van der Waals surface area contributed by atoms with Gasteiger partial charge in [-0.1, -0.05) is 41.7 Å². The van der Waals surface area contributed by atoms with Crippen LogP contribution in [0.2, 0.25) is 0 Å². The van der Waals surface area contributed by atoms with Crippen LogP contribution in [0.15, 0.2) is 48.7 Å². The molecule has 1 aliphatic heterocycles. The molecule has 9 heteroatoms. The van der Waals surface area contributed by atoms with Gasteiger partial charge in [0.2, 0.25) is 0 Å². The van der Waals surface area contributed by atoms with Gasteiger partial charge < -0.3 is 19.9 Å². The zero-order chi connectivity index (χ0) is 21.6. The third-order valence-electron chi connectivity index (χ3n) is 5.17. The third kappa shape index (κ3) is 5.11. The lowest BCUT2D eigenvalue weighted by Gasteiger charge is -2.35. The van der Waals surface area contributed by atoms with Gasteiger partial charge in [-0.3, -0.25) is 4.79 Å². The molecule has 0 bridgehead atoms. The van der Waals surface area contributed by atoms with Gasteiger partial charge in [0.05, 0.1) is 19.1 Å². The fourth-order valence-corrected chi connectivity index (χ4v) is 4.52. The SMILES string of the molecule is CCOC(=O)C[C@@H](NC(=O)N1CCN(c2nc3cccnc3s2)CC1)c1ccccc1. The topological polar surface area (TPSA) is 87.7 Å². The fraction of sp³-hybridized carbons (Fsp3) is 0.364. The number of piperazine rings is 1. The van der Waals surface area contributed by atoms with Gasteiger partial charge >= 0.3 is 12.0 Å². The molecule has 1 N–H and O–H groups in total. The molecule has 3 aromatic rings. The lowest BCUT2D eigenvalue weighted by molar-refractivity contribution is -0.143. The third-order valence-corrected chi connectivity index (χ3v) is 6.21. The van der Waals surface area contributed by atoms with E-state index in [2.05, 4.69) is 20.2 Å². The van der Waals surface area contributed by atoms with E-state index in [1.54, 1.807) is 29.4 Å². The Hall–Kier alpha value is -3.20. The maximum absolute atomic E-state index is 12.9. The lowest BCUT2D eigenvalue weighted by Crippen LogP contribution is -2.52. The van der Waals surface area contributed by atoms with Crippen molar-refractivity contribution in [3.05, 3.63) is 54.2 Å². The van der Waals surface area contributed by atoms with E-state index in [0.29, 0.717) is 32.8 Å². The van der Waals surface area contributed by atoms with Crippen molar-refractivity contribution in [2.75, 3.05) is 37.7 Å². The predicted molar refractivity (Wildman–Crippen MR) is 120 cm³/mol. The molecule has 4 rings (SSSR count). The molecule has 1 aliphatic rings. The number of rotatable bonds is 6. The number of thiazole rings is 1. The number of hydrogen-bond acceptors (Lipinski definition) is 7. The average Bonchev–Trinajstić information content (AvgIpc) is 3.24. The lowest BCUT2D eigenvalue weighted by atomic mass is 10.0. The molecule has 31 heavy (non-hydrogen) atoms. The van der Waals surface area contributed by atoms with Crippen molar-refractivity contribution in [3.8, 4) is 0 Å². The number of hydrogen-bond donors (Lipinski definition) is 1. The molecule has 1 fully saturated rings. The first-order valence-corrected chi connectivity index (χ1v) is 11.2. The Morgan fingerprint density at radius 3 is 2.61 bits per heavy atom. The average molecular weight is 440 g/mol. The molecule has 0 saturated carbocycles. The minimum absolute atomic E-state index is 0.0995. The number of pyridine rings is 1. The van der Waals surface area contributed by atoms with Crippen molar-refractivity contribution >= 4 is 38.8 Å².